The zero-order valence-corrected chi connectivity index (χ0v) is 19.9. The Balaban J connectivity index is 2.16. The molecule has 1 unspecified atom stereocenters. The molecule has 2 rings (SSSR count). The van der Waals surface area contributed by atoms with Gasteiger partial charge < -0.3 is 15.4 Å². The molecule has 0 saturated heterocycles. The van der Waals surface area contributed by atoms with E-state index in [1.54, 1.807) is 42.5 Å². The molecular weight excluding hydrogens is 426 g/mol. The van der Waals surface area contributed by atoms with Gasteiger partial charge in [-0.1, -0.05) is 37.6 Å². The Kier molecular flexibility index (Phi) is 8.68. The number of carbonyl (C=O) groups excluding carboxylic acids is 2. The summed E-state index contributed by atoms with van der Waals surface area (Å²) in [7, 11) is 0. The normalized spacial score (nSPS) is 12.1. The summed E-state index contributed by atoms with van der Waals surface area (Å²) in [5, 5.41) is 15.5. The second kappa shape index (κ2) is 11.0. The number of halogens is 1. The summed E-state index contributed by atoms with van der Waals surface area (Å²) in [6, 6.07) is 13.6. The third kappa shape index (κ3) is 7.58. The standard InChI is InChI=1S/C25H30ClN3O3/c1-16(2)12-20(14-25(4,5)29-17(3)30)28-24(31)18-10-11-23(21(26)13-18)32-22-9-7-6-8-19(22)15-27/h6-11,13,16,20H,12,14H2,1-5H3,(H,28,31)(H,29,30). The Bertz CT molecular complexity index is 1010. The van der Waals surface area contributed by atoms with E-state index < -0.39 is 5.54 Å². The summed E-state index contributed by atoms with van der Waals surface area (Å²) in [4.78, 5) is 24.4. The monoisotopic (exact) mass is 455 g/mol. The van der Waals surface area contributed by atoms with Crippen LogP contribution in [0.4, 0.5) is 0 Å². The number of hydrogen-bond acceptors (Lipinski definition) is 4. The van der Waals surface area contributed by atoms with Crippen LogP contribution in [0.5, 0.6) is 11.5 Å². The van der Waals surface area contributed by atoms with Gasteiger partial charge in [0.15, 0.2) is 0 Å². The number of nitriles is 1. The number of ether oxygens (including phenoxy) is 1. The van der Waals surface area contributed by atoms with Crippen molar-refractivity contribution >= 4 is 23.4 Å². The van der Waals surface area contributed by atoms with Gasteiger partial charge in [-0.15, -0.1) is 0 Å². The lowest BCUT2D eigenvalue weighted by atomic mass is 9.90. The minimum atomic E-state index is -0.456. The summed E-state index contributed by atoms with van der Waals surface area (Å²) < 4.78 is 5.78. The Morgan fingerprint density at radius 3 is 2.44 bits per heavy atom. The van der Waals surface area contributed by atoms with Crippen molar-refractivity contribution in [3.63, 3.8) is 0 Å². The number of nitrogens with zero attached hydrogens (tertiary/aromatic N) is 1. The molecule has 6 nitrogen and oxygen atoms in total. The van der Waals surface area contributed by atoms with E-state index in [9.17, 15) is 14.9 Å². The predicted octanol–water partition coefficient (Wildman–Crippen LogP) is 5.45. The van der Waals surface area contributed by atoms with Crippen LogP contribution in [0, 0.1) is 17.2 Å². The highest BCUT2D eigenvalue weighted by atomic mass is 35.5. The molecule has 7 heteroatoms. The molecule has 0 spiro atoms. The third-order valence-corrected chi connectivity index (χ3v) is 5.08. The number of carbonyl (C=O) groups is 2. The topological polar surface area (TPSA) is 91.2 Å². The first-order chi connectivity index (χ1) is 15.0. The van der Waals surface area contributed by atoms with Crippen LogP contribution >= 0.6 is 11.6 Å². The maximum Gasteiger partial charge on any atom is 0.251 e. The van der Waals surface area contributed by atoms with Crippen molar-refractivity contribution in [1.82, 2.24) is 10.6 Å². The van der Waals surface area contributed by atoms with Gasteiger partial charge in [-0.25, -0.2) is 0 Å². The first-order valence-electron chi connectivity index (χ1n) is 10.6. The Morgan fingerprint density at radius 2 is 1.84 bits per heavy atom. The van der Waals surface area contributed by atoms with E-state index in [0.717, 1.165) is 6.42 Å². The molecule has 0 aliphatic heterocycles. The average molecular weight is 456 g/mol. The number of rotatable bonds is 9. The van der Waals surface area contributed by atoms with Crippen LogP contribution < -0.4 is 15.4 Å². The van der Waals surface area contributed by atoms with Gasteiger partial charge in [0.2, 0.25) is 5.91 Å². The molecule has 0 saturated carbocycles. The fourth-order valence-corrected chi connectivity index (χ4v) is 3.89. The van der Waals surface area contributed by atoms with E-state index in [4.69, 9.17) is 16.3 Å². The van der Waals surface area contributed by atoms with Crippen LogP contribution in [0.25, 0.3) is 0 Å². The van der Waals surface area contributed by atoms with Crippen LogP contribution in [-0.4, -0.2) is 23.4 Å². The van der Waals surface area contributed by atoms with Crippen molar-refractivity contribution in [2.45, 2.75) is 59.0 Å². The number of nitrogens with one attached hydrogen (secondary N) is 2. The average Bonchev–Trinajstić information content (AvgIpc) is 2.67. The molecule has 0 aliphatic carbocycles. The Morgan fingerprint density at radius 1 is 1.16 bits per heavy atom. The molecule has 0 heterocycles. The molecule has 0 aliphatic rings. The van der Waals surface area contributed by atoms with Crippen LogP contribution in [0.3, 0.4) is 0 Å². The van der Waals surface area contributed by atoms with Crippen molar-refractivity contribution in [2.75, 3.05) is 0 Å². The van der Waals surface area contributed by atoms with E-state index >= 15 is 0 Å². The SMILES string of the molecule is CC(=O)NC(C)(C)CC(CC(C)C)NC(=O)c1ccc(Oc2ccccc2C#N)c(Cl)c1. The maximum atomic E-state index is 12.9. The molecule has 2 amide bonds. The van der Waals surface area contributed by atoms with Gasteiger partial charge in [0.05, 0.1) is 10.6 Å². The molecule has 2 aromatic rings. The van der Waals surface area contributed by atoms with Gasteiger partial charge in [0.25, 0.3) is 5.91 Å². The summed E-state index contributed by atoms with van der Waals surface area (Å²) in [6.45, 7) is 9.55. The minimum absolute atomic E-state index is 0.107. The van der Waals surface area contributed by atoms with E-state index in [1.807, 2.05) is 13.8 Å². The van der Waals surface area contributed by atoms with Gasteiger partial charge >= 0.3 is 0 Å². The molecule has 0 radical (unpaired) electrons. The first-order valence-corrected chi connectivity index (χ1v) is 10.9. The highest BCUT2D eigenvalue weighted by molar-refractivity contribution is 6.32. The summed E-state index contributed by atoms with van der Waals surface area (Å²) in [6.07, 6.45) is 1.37. The molecular formula is C25H30ClN3O3. The zero-order chi connectivity index (χ0) is 23.9. The second-order valence-electron chi connectivity index (χ2n) is 8.92. The van der Waals surface area contributed by atoms with Crippen LogP contribution in [0.15, 0.2) is 42.5 Å². The van der Waals surface area contributed by atoms with E-state index in [0.29, 0.717) is 35.0 Å². The van der Waals surface area contributed by atoms with Crippen molar-refractivity contribution in [1.29, 1.82) is 5.26 Å². The number of benzene rings is 2. The quantitative estimate of drug-likeness (QED) is 0.525. The highest BCUT2D eigenvalue weighted by Crippen LogP contribution is 2.32. The fraction of sp³-hybridized carbons (Fsp3) is 0.400. The molecule has 170 valence electrons. The number of hydrogen-bond donors (Lipinski definition) is 2. The van der Waals surface area contributed by atoms with E-state index in [2.05, 4.69) is 30.6 Å². The summed E-state index contributed by atoms with van der Waals surface area (Å²) in [5.74, 6) is 0.765. The van der Waals surface area contributed by atoms with Crippen LogP contribution in [0.2, 0.25) is 5.02 Å². The summed E-state index contributed by atoms with van der Waals surface area (Å²) >= 11 is 6.37. The zero-order valence-electron chi connectivity index (χ0n) is 19.2. The molecule has 2 N–H and O–H groups in total. The lowest BCUT2D eigenvalue weighted by Crippen LogP contribution is -2.48. The fourth-order valence-electron chi connectivity index (χ4n) is 3.67. The van der Waals surface area contributed by atoms with Crippen molar-refractivity contribution in [2.24, 2.45) is 5.92 Å². The van der Waals surface area contributed by atoms with Crippen molar-refractivity contribution in [3.05, 3.63) is 58.6 Å². The molecule has 0 aromatic heterocycles. The maximum absolute atomic E-state index is 12.9. The van der Waals surface area contributed by atoms with Crippen LogP contribution in [-0.2, 0) is 4.79 Å². The van der Waals surface area contributed by atoms with E-state index in [-0.39, 0.29) is 22.9 Å². The van der Waals surface area contributed by atoms with Gasteiger partial charge in [-0.2, -0.15) is 5.26 Å². The van der Waals surface area contributed by atoms with Gasteiger partial charge in [0.1, 0.15) is 17.6 Å². The number of para-hydroxylation sites is 1. The molecule has 0 fully saturated rings. The lowest BCUT2D eigenvalue weighted by Gasteiger charge is -2.32. The lowest BCUT2D eigenvalue weighted by molar-refractivity contribution is -0.120. The van der Waals surface area contributed by atoms with Crippen LogP contribution in [0.1, 0.15) is 63.4 Å². The largest absolute Gasteiger partial charge is 0.454 e. The Hall–Kier alpha value is -3.04. The Labute approximate surface area is 194 Å². The molecule has 1 atom stereocenters. The molecule has 2 aromatic carbocycles. The molecule has 0 bridgehead atoms. The predicted molar refractivity (Wildman–Crippen MR) is 126 cm³/mol. The van der Waals surface area contributed by atoms with Gasteiger partial charge in [-0.05, 0) is 62.9 Å². The highest BCUT2D eigenvalue weighted by Gasteiger charge is 2.26. The number of amides is 2. The van der Waals surface area contributed by atoms with Crippen molar-refractivity contribution < 1.29 is 14.3 Å². The summed E-state index contributed by atoms with van der Waals surface area (Å²) in [5.41, 5.74) is 0.341. The van der Waals surface area contributed by atoms with Gasteiger partial charge in [0, 0.05) is 24.1 Å². The van der Waals surface area contributed by atoms with E-state index in [1.165, 1.54) is 6.92 Å². The smallest absolute Gasteiger partial charge is 0.251 e. The van der Waals surface area contributed by atoms with Crippen molar-refractivity contribution in [3.8, 4) is 17.6 Å². The first kappa shape index (κ1) is 25.2. The van der Waals surface area contributed by atoms with Gasteiger partial charge in [-0.3, -0.25) is 9.59 Å². The third-order valence-electron chi connectivity index (χ3n) is 4.78. The minimum Gasteiger partial charge on any atom is -0.454 e. The molecule has 32 heavy (non-hydrogen) atoms. The second-order valence-corrected chi connectivity index (χ2v) is 9.33.